The molecule has 0 bridgehead atoms. The zero-order valence-electron chi connectivity index (χ0n) is 19.1. The van der Waals surface area contributed by atoms with Crippen LogP contribution < -0.4 is 10.1 Å². The van der Waals surface area contributed by atoms with Crippen molar-refractivity contribution in [2.24, 2.45) is 0 Å². The molecule has 0 radical (unpaired) electrons. The number of nitrogens with zero attached hydrogens (tertiary/aromatic N) is 3. The van der Waals surface area contributed by atoms with Gasteiger partial charge < -0.3 is 18.6 Å². The minimum atomic E-state index is -0.228. The average Bonchev–Trinajstić information content (AvgIpc) is 3.34. The second-order valence-electron chi connectivity index (χ2n) is 7.70. The molecule has 0 spiro atoms. The average molecular weight is 449 g/mol. The molecule has 0 saturated carbocycles. The Morgan fingerprint density at radius 1 is 1.12 bits per heavy atom. The highest BCUT2D eigenvalue weighted by Gasteiger charge is 2.15. The van der Waals surface area contributed by atoms with Crippen molar-refractivity contribution >= 4 is 22.9 Å². The van der Waals surface area contributed by atoms with Crippen molar-refractivity contribution in [1.82, 2.24) is 14.7 Å². The van der Waals surface area contributed by atoms with E-state index < -0.39 is 0 Å². The van der Waals surface area contributed by atoms with Gasteiger partial charge in [0.1, 0.15) is 18.1 Å². The lowest BCUT2D eigenvalue weighted by Crippen LogP contribution is -2.16. The number of para-hydroxylation sites is 2. The van der Waals surface area contributed by atoms with Crippen LogP contribution in [0.3, 0.4) is 0 Å². The van der Waals surface area contributed by atoms with E-state index in [1.165, 1.54) is 0 Å². The summed E-state index contributed by atoms with van der Waals surface area (Å²) >= 11 is 0. The van der Waals surface area contributed by atoms with Crippen molar-refractivity contribution in [3.05, 3.63) is 71.1 Å². The Labute approximate surface area is 192 Å². The maximum Gasteiger partial charge on any atom is 0.257 e. The number of imidazole rings is 1. The van der Waals surface area contributed by atoms with Crippen molar-refractivity contribution in [1.29, 1.82) is 0 Å². The topological polar surface area (TPSA) is 91.4 Å². The summed E-state index contributed by atoms with van der Waals surface area (Å²) in [5, 5.41) is 6.89. The fourth-order valence-electron chi connectivity index (χ4n) is 3.61. The van der Waals surface area contributed by atoms with Gasteiger partial charge in [0.15, 0.2) is 0 Å². The van der Waals surface area contributed by atoms with Gasteiger partial charge in [0.25, 0.3) is 5.91 Å². The van der Waals surface area contributed by atoms with Gasteiger partial charge >= 0.3 is 0 Å². The van der Waals surface area contributed by atoms with Crippen LogP contribution in [0.4, 0.5) is 5.95 Å². The van der Waals surface area contributed by atoms with Crippen LogP contribution in [-0.2, 0) is 17.9 Å². The molecule has 0 fully saturated rings. The smallest absolute Gasteiger partial charge is 0.257 e. The summed E-state index contributed by atoms with van der Waals surface area (Å²) < 4.78 is 18.5. The Bertz CT molecular complexity index is 1210. The number of aryl methyl sites for hydroxylation is 3. The van der Waals surface area contributed by atoms with Crippen LogP contribution >= 0.6 is 0 Å². The number of fused-ring (bicyclic) bond motifs is 1. The summed E-state index contributed by atoms with van der Waals surface area (Å²) in [7, 11) is 0. The Balaban J connectivity index is 1.44. The molecule has 0 saturated heterocycles. The van der Waals surface area contributed by atoms with Gasteiger partial charge in [-0.2, -0.15) is 0 Å². The first-order chi connectivity index (χ1) is 16.1. The third kappa shape index (κ3) is 5.23. The summed E-state index contributed by atoms with van der Waals surface area (Å²) in [5.74, 6) is 1.70. The van der Waals surface area contributed by atoms with Crippen LogP contribution in [0.25, 0.3) is 11.0 Å². The summed E-state index contributed by atoms with van der Waals surface area (Å²) in [5.41, 5.74) is 4.08. The summed E-state index contributed by atoms with van der Waals surface area (Å²) in [6, 6.07) is 14.9. The quantitative estimate of drug-likeness (QED) is 0.347. The molecule has 0 aliphatic rings. The summed E-state index contributed by atoms with van der Waals surface area (Å²) in [6.45, 7) is 8.12. The largest absolute Gasteiger partial charge is 0.489 e. The molecule has 8 nitrogen and oxygen atoms in total. The van der Waals surface area contributed by atoms with E-state index >= 15 is 0 Å². The lowest BCUT2D eigenvalue weighted by molar-refractivity contribution is 0.102. The van der Waals surface area contributed by atoms with Crippen molar-refractivity contribution in [3.8, 4) is 5.75 Å². The number of rotatable bonds is 10. The Morgan fingerprint density at radius 2 is 1.91 bits per heavy atom. The molecule has 2 heterocycles. The number of anilines is 1. The fourth-order valence-corrected chi connectivity index (χ4v) is 3.61. The predicted octanol–water partition coefficient (Wildman–Crippen LogP) is 4.90. The molecule has 0 aliphatic carbocycles. The van der Waals surface area contributed by atoms with E-state index in [-0.39, 0.29) is 5.91 Å². The lowest BCUT2D eigenvalue weighted by Gasteiger charge is -2.11. The van der Waals surface area contributed by atoms with Crippen LogP contribution in [0.1, 0.15) is 40.7 Å². The molecular formula is C25H28N4O4. The molecule has 1 amide bonds. The van der Waals surface area contributed by atoms with Gasteiger partial charge in [0.2, 0.25) is 5.95 Å². The first-order valence-electron chi connectivity index (χ1n) is 11.1. The summed E-state index contributed by atoms with van der Waals surface area (Å²) in [6.07, 6.45) is 0.828. The number of aromatic nitrogens is 3. The van der Waals surface area contributed by atoms with Crippen molar-refractivity contribution in [3.63, 3.8) is 0 Å². The van der Waals surface area contributed by atoms with Crippen molar-refractivity contribution in [2.75, 3.05) is 18.5 Å². The minimum absolute atomic E-state index is 0.228. The maximum absolute atomic E-state index is 12.9. The van der Waals surface area contributed by atoms with E-state index in [0.29, 0.717) is 43.6 Å². The normalized spacial score (nSPS) is 11.1. The molecule has 8 heteroatoms. The zero-order valence-corrected chi connectivity index (χ0v) is 19.1. The molecular weight excluding hydrogens is 420 g/mol. The highest BCUT2D eigenvalue weighted by Crippen LogP contribution is 2.22. The van der Waals surface area contributed by atoms with E-state index in [2.05, 4.69) is 15.5 Å². The van der Waals surface area contributed by atoms with E-state index in [1.807, 2.05) is 49.6 Å². The van der Waals surface area contributed by atoms with Crippen molar-refractivity contribution in [2.45, 2.75) is 40.3 Å². The van der Waals surface area contributed by atoms with Crippen LogP contribution in [0, 0.1) is 13.8 Å². The third-order valence-electron chi connectivity index (χ3n) is 5.44. The van der Waals surface area contributed by atoms with E-state index in [4.69, 9.17) is 14.0 Å². The number of benzene rings is 2. The molecule has 33 heavy (non-hydrogen) atoms. The molecule has 0 atom stereocenters. The van der Waals surface area contributed by atoms with Crippen LogP contribution in [0.5, 0.6) is 5.75 Å². The van der Waals surface area contributed by atoms with E-state index in [9.17, 15) is 4.79 Å². The number of hydrogen-bond donors (Lipinski definition) is 1. The molecule has 0 unspecified atom stereocenters. The predicted molar refractivity (Wildman–Crippen MR) is 126 cm³/mol. The number of nitrogens with one attached hydrogen (secondary N) is 1. The Kier molecular flexibility index (Phi) is 7.04. The van der Waals surface area contributed by atoms with Gasteiger partial charge in [0, 0.05) is 25.3 Å². The minimum Gasteiger partial charge on any atom is -0.489 e. The molecule has 2 aromatic heterocycles. The SMILES string of the molecule is CCOCCCn1c(NC(=O)c2ccc(OCc3c(C)noc3C)cc2)nc2ccccc21. The number of carbonyl (C=O) groups excluding carboxylic acids is 1. The van der Waals surface area contributed by atoms with E-state index in [1.54, 1.807) is 24.3 Å². The molecule has 4 aromatic rings. The monoisotopic (exact) mass is 448 g/mol. The van der Waals surface area contributed by atoms with E-state index in [0.717, 1.165) is 34.5 Å². The third-order valence-corrected chi connectivity index (χ3v) is 5.44. The molecule has 0 aliphatic heterocycles. The maximum atomic E-state index is 12.9. The van der Waals surface area contributed by atoms with Gasteiger partial charge in [-0.15, -0.1) is 0 Å². The molecule has 172 valence electrons. The molecule has 1 N–H and O–H groups in total. The van der Waals surface area contributed by atoms with Gasteiger partial charge in [-0.1, -0.05) is 17.3 Å². The fraction of sp³-hybridized carbons (Fsp3) is 0.320. The Hall–Kier alpha value is -3.65. The first-order valence-corrected chi connectivity index (χ1v) is 11.1. The number of ether oxygens (including phenoxy) is 2. The number of hydrogen-bond acceptors (Lipinski definition) is 6. The van der Waals surface area contributed by atoms with Gasteiger partial charge in [0.05, 0.1) is 22.3 Å². The second-order valence-corrected chi connectivity index (χ2v) is 7.70. The molecule has 2 aromatic carbocycles. The van der Waals surface area contributed by atoms with Gasteiger partial charge in [-0.05, 0) is 63.6 Å². The first kappa shape index (κ1) is 22.5. The van der Waals surface area contributed by atoms with Crippen LogP contribution in [0.15, 0.2) is 53.1 Å². The standard InChI is InChI=1S/C25H28N4O4/c1-4-31-15-7-14-29-23-9-6-5-8-22(23)26-25(29)27-24(30)19-10-12-20(13-11-19)32-16-21-17(2)28-33-18(21)3/h5-6,8-13H,4,7,14-16H2,1-3H3,(H,26,27,30). The highest BCUT2D eigenvalue weighted by molar-refractivity contribution is 6.04. The summed E-state index contributed by atoms with van der Waals surface area (Å²) in [4.78, 5) is 17.5. The van der Waals surface area contributed by atoms with Gasteiger partial charge in [-0.3, -0.25) is 10.1 Å². The second kappa shape index (κ2) is 10.3. The number of carbonyl (C=O) groups is 1. The Morgan fingerprint density at radius 3 is 2.64 bits per heavy atom. The number of amides is 1. The van der Waals surface area contributed by atoms with Crippen LogP contribution in [-0.4, -0.2) is 33.8 Å². The zero-order chi connectivity index (χ0) is 23.2. The van der Waals surface area contributed by atoms with Crippen molar-refractivity contribution < 1.29 is 18.8 Å². The molecule has 4 rings (SSSR count). The van der Waals surface area contributed by atoms with Gasteiger partial charge in [-0.25, -0.2) is 4.98 Å². The van der Waals surface area contributed by atoms with Crippen LogP contribution in [0.2, 0.25) is 0 Å². The lowest BCUT2D eigenvalue weighted by atomic mass is 10.2. The highest BCUT2D eigenvalue weighted by atomic mass is 16.5.